The van der Waals surface area contributed by atoms with E-state index in [4.69, 9.17) is 9.47 Å². The maximum absolute atomic E-state index is 9.46. The zero-order valence-corrected chi connectivity index (χ0v) is 20.9. The number of hydrogen-bond donors (Lipinski definition) is 2. The van der Waals surface area contributed by atoms with Gasteiger partial charge in [-0.1, -0.05) is 72.8 Å². The minimum absolute atomic E-state index is 0.0332. The van der Waals surface area contributed by atoms with Crippen molar-refractivity contribution in [3.63, 3.8) is 0 Å². The zero-order valence-electron chi connectivity index (χ0n) is 20.9. The Morgan fingerprint density at radius 3 is 1.06 bits per heavy atom. The van der Waals surface area contributed by atoms with Gasteiger partial charge in [0.1, 0.15) is 11.5 Å². The fourth-order valence-corrected chi connectivity index (χ4v) is 4.12. The summed E-state index contributed by atoms with van der Waals surface area (Å²) in [5.74, 6) is 0.552. The van der Waals surface area contributed by atoms with E-state index < -0.39 is 0 Å². The van der Waals surface area contributed by atoms with Crippen molar-refractivity contribution in [1.82, 2.24) is 0 Å². The highest BCUT2D eigenvalue weighted by molar-refractivity contribution is 5.65. The van der Waals surface area contributed by atoms with E-state index in [0.29, 0.717) is 13.2 Å². The molecule has 4 rings (SSSR count). The van der Waals surface area contributed by atoms with Crippen LogP contribution in [0, 0.1) is 0 Å². The van der Waals surface area contributed by atoms with Gasteiger partial charge in [-0.15, -0.1) is 0 Å². The van der Waals surface area contributed by atoms with Crippen LogP contribution in [0.4, 0.5) is 0 Å². The SMILES string of the molecule is CC(OCCCCOC(C)c1ccc(-c2ccc(O)cc2)cc1)c1ccc(-c2ccc(O)cc2)cc1. The molecule has 0 radical (unpaired) electrons. The second-order valence-electron chi connectivity index (χ2n) is 9.07. The summed E-state index contributed by atoms with van der Waals surface area (Å²) in [5, 5.41) is 18.9. The van der Waals surface area contributed by atoms with E-state index in [0.717, 1.165) is 46.2 Å². The van der Waals surface area contributed by atoms with Crippen LogP contribution in [-0.4, -0.2) is 23.4 Å². The molecule has 0 aliphatic heterocycles. The summed E-state index contributed by atoms with van der Waals surface area (Å²) in [6.07, 6.45) is 1.96. The van der Waals surface area contributed by atoms with Gasteiger partial charge in [-0.05, 0) is 84.3 Å². The first-order chi connectivity index (χ1) is 17.5. The Bertz CT molecular complexity index is 1100. The maximum Gasteiger partial charge on any atom is 0.115 e. The monoisotopic (exact) mass is 482 g/mol. The molecule has 4 heteroatoms. The third kappa shape index (κ3) is 6.97. The molecule has 4 aromatic carbocycles. The Kier molecular flexibility index (Phi) is 8.77. The van der Waals surface area contributed by atoms with Gasteiger partial charge in [0.25, 0.3) is 0 Å². The highest BCUT2D eigenvalue weighted by Gasteiger charge is 2.08. The third-order valence-corrected chi connectivity index (χ3v) is 6.44. The molecule has 2 unspecified atom stereocenters. The van der Waals surface area contributed by atoms with Gasteiger partial charge in [-0.3, -0.25) is 0 Å². The molecular weight excluding hydrogens is 448 g/mol. The summed E-state index contributed by atoms with van der Waals surface area (Å²) in [5.41, 5.74) is 6.70. The van der Waals surface area contributed by atoms with Gasteiger partial charge in [-0.2, -0.15) is 0 Å². The molecule has 0 aliphatic carbocycles. The van der Waals surface area contributed by atoms with Crippen LogP contribution in [-0.2, 0) is 9.47 Å². The largest absolute Gasteiger partial charge is 0.508 e. The van der Waals surface area contributed by atoms with E-state index in [2.05, 4.69) is 62.4 Å². The highest BCUT2D eigenvalue weighted by atomic mass is 16.5. The Labute approximate surface area is 213 Å². The predicted octanol–water partition coefficient (Wildman–Crippen LogP) is 8.07. The van der Waals surface area contributed by atoms with Crippen molar-refractivity contribution in [3.05, 3.63) is 108 Å². The van der Waals surface area contributed by atoms with Gasteiger partial charge >= 0.3 is 0 Å². The van der Waals surface area contributed by atoms with Crippen LogP contribution >= 0.6 is 0 Å². The lowest BCUT2D eigenvalue weighted by atomic mass is 10.0. The van der Waals surface area contributed by atoms with Crippen LogP contribution in [0.3, 0.4) is 0 Å². The second-order valence-corrected chi connectivity index (χ2v) is 9.07. The predicted molar refractivity (Wildman–Crippen MR) is 145 cm³/mol. The molecule has 2 N–H and O–H groups in total. The molecule has 186 valence electrons. The second kappa shape index (κ2) is 12.4. The molecule has 0 amide bonds. The summed E-state index contributed by atoms with van der Waals surface area (Å²) < 4.78 is 12.1. The van der Waals surface area contributed by atoms with Crippen LogP contribution in [0.1, 0.15) is 50.0 Å². The van der Waals surface area contributed by atoms with Crippen molar-refractivity contribution in [1.29, 1.82) is 0 Å². The Morgan fingerprint density at radius 2 is 0.750 bits per heavy atom. The topological polar surface area (TPSA) is 58.9 Å². The van der Waals surface area contributed by atoms with Gasteiger partial charge < -0.3 is 19.7 Å². The summed E-state index contributed by atoms with van der Waals surface area (Å²) in [4.78, 5) is 0. The van der Waals surface area contributed by atoms with Crippen molar-refractivity contribution < 1.29 is 19.7 Å². The van der Waals surface area contributed by atoms with E-state index in [1.807, 2.05) is 24.3 Å². The van der Waals surface area contributed by atoms with Crippen molar-refractivity contribution in [2.24, 2.45) is 0 Å². The smallest absolute Gasteiger partial charge is 0.115 e. The number of ether oxygens (including phenoxy) is 2. The molecule has 0 aromatic heterocycles. The number of phenols is 2. The highest BCUT2D eigenvalue weighted by Crippen LogP contribution is 2.26. The minimum Gasteiger partial charge on any atom is -0.508 e. The van der Waals surface area contributed by atoms with E-state index in [9.17, 15) is 10.2 Å². The quantitative estimate of drug-likeness (QED) is 0.212. The van der Waals surface area contributed by atoms with Crippen LogP contribution < -0.4 is 0 Å². The van der Waals surface area contributed by atoms with Gasteiger partial charge in [0.2, 0.25) is 0 Å². The summed E-state index contributed by atoms with van der Waals surface area (Å²) in [6.45, 7) is 5.55. The summed E-state index contributed by atoms with van der Waals surface area (Å²) in [7, 11) is 0. The number of benzene rings is 4. The van der Waals surface area contributed by atoms with E-state index >= 15 is 0 Å². The molecule has 0 bridgehead atoms. The van der Waals surface area contributed by atoms with Crippen LogP contribution in [0.15, 0.2) is 97.1 Å². The van der Waals surface area contributed by atoms with Crippen molar-refractivity contribution >= 4 is 0 Å². The molecule has 0 saturated heterocycles. The molecule has 4 nitrogen and oxygen atoms in total. The minimum atomic E-state index is 0.0332. The molecule has 4 aromatic rings. The molecule has 0 aliphatic rings. The van der Waals surface area contributed by atoms with Crippen LogP contribution in [0.25, 0.3) is 22.3 Å². The Balaban J connectivity index is 1.15. The van der Waals surface area contributed by atoms with Gasteiger partial charge in [0.15, 0.2) is 0 Å². The van der Waals surface area contributed by atoms with Crippen molar-refractivity contribution in [3.8, 4) is 33.8 Å². The van der Waals surface area contributed by atoms with E-state index in [1.165, 1.54) is 0 Å². The molecular formula is C32H34O4. The van der Waals surface area contributed by atoms with Gasteiger partial charge in [-0.25, -0.2) is 0 Å². The lowest BCUT2D eigenvalue weighted by Crippen LogP contribution is -2.05. The van der Waals surface area contributed by atoms with Crippen LogP contribution in [0.2, 0.25) is 0 Å². The number of hydrogen-bond acceptors (Lipinski definition) is 4. The first-order valence-corrected chi connectivity index (χ1v) is 12.5. The molecule has 2 atom stereocenters. The number of phenolic OH excluding ortho intramolecular Hbond substituents is 2. The number of rotatable bonds is 11. The lowest BCUT2D eigenvalue weighted by Gasteiger charge is -2.16. The maximum atomic E-state index is 9.46. The average molecular weight is 483 g/mol. The molecule has 0 fully saturated rings. The van der Waals surface area contributed by atoms with Gasteiger partial charge in [0, 0.05) is 13.2 Å². The molecule has 0 saturated carbocycles. The molecule has 0 spiro atoms. The Morgan fingerprint density at radius 1 is 0.472 bits per heavy atom. The van der Waals surface area contributed by atoms with Crippen molar-refractivity contribution in [2.45, 2.75) is 38.9 Å². The number of unbranched alkanes of at least 4 members (excludes halogenated alkanes) is 1. The lowest BCUT2D eigenvalue weighted by molar-refractivity contribution is 0.0400. The van der Waals surface area contributed by atoms with E-state index in [1.54, 1.807) is 24.3 Å². The molecule has 36 heavy (non-hydrogen) atoms. The number of aromatic hydroxyl groups is 2. The average Bonchev–Trinajstić information content (AvgIpc) is 2.91. The van der Waals surface area contributed by atoms with E-state index in [-0.39, 0.29) is 23.7 Å². The van der Waals surface area contributed by atoms with Crippen LogP contribution in [0.5, 0.6) is 11.5 Å². The normalized spacial score (nSPS) is 12.8. The first-order valence-electron chi connectivity index (χ1n) is 12.5. The summed E-state index contributed by atoms with van der Waals surface area (Å²) >= 11 is 0. The van der Waals surface area contributed by atoms with Gasteiger partial charge in [0.05, 0.1) is 12.2 Å². The fraction of sp³-hybridized carbons (Fsp3) is 0.250. The van der Waals surface area contributed by atoms with Crippen molar-refractivity contribution in [2.75, 3.05) is 13.2 Å². The third-order valence-electron chi connectivity index (χ3n) is 6.44. The standard InChI is InChI=1S/C32H34O4/c1-23(25-5-9-27(10-6-25)29-13-17-31(33)18-14-29)35-21-3-4-22-36-24(2)26-7-11-28(12-8-26)30-15-19-32(34)20-16-30/h5-20,23-24,33-34H,3-4,21-22H2,1-2H3. The molecule has 0 heterocycles. The Hall–Kier alpha value is -3.60. The fourth-order valence-electron chi connectivity index (χ4n) is 4.12. The first kappa shape index (κ1) is 25.5. The summed E-state index contributed by atoms with van der Waals surface area (Å²) in [6, 6.07) is 31.3. The zero-order chi connectivity index (χ0) is 25.3.